The molecule has 0 fully saturated rings. The third-order valence-corrected chi connectivity index (χ3v) is 2.78. The second-order valence-electron chi connectivity index (χ2n) is 4.28. The molecule has 0 heterocycles. The average molecular weight is 296 g/mol. The molecule has 8 nitrogen and oxygen atoms in total. The predicted octanol–water partition coefficient (Wildman–Crippen LogP) is 0.482. The number of hydrogen-bond acceptors (Lipinski definition) is 5. The van der Waals surface area contributed by atoms with Gasteiger partial charge in [0.05, 0.1) is 5.56 Å². The Hall–Kier alpha value is -2.77. The number of benzene rings is 1. The van der Waals surface area contributed by atoms with Crippen LogP contribution in [0.4, 0.5) is 5.69 Å². The summed E-state index contributed by atoms with van der Waals surface area (Å²) in [6.45, 7) is 0. The molecule has 5 N–H and O–H groups in total. The quantitative estimate of drug-likeness (QED) is 0.493. The molecule has 0 aliphatic rings. The molecule has 1 rings (SSSR count). The van der Waals surface area contributed by atoms with Crippen LogP contribution < -0.4 is 10.6 Å². The third kappa shape index (κ3) is 4.68. The SMILES string of the molecule is CNc1ccc(C(=O)NC(CCC(=O)O)C(=O)O)c(O)c1. The Morgan fingerprint density at radius 1 is 1.24 bits per heavy atom. The van der Waals surface area contributed by atoms with E-state index in [1.54, 1.807) is 13.1 Å². The molecule has 0 spiro atoms. The molecule has 0 bridgehead atoms. The third-order valence-electron chi connectivity index (χ3n) is 2.78. The summed E-state index contributed by atoms with van der Waals surface area (Å²) in [5.41, 5.74) is 0.500. The van der Waals surface area contributed by atoms with Crippen molar-refractivity contribution in [2.75, 3.05) is 12.4 Å². The van der Waals surface area contributed by atoms with Gasteiger partial charge >= 0.3 is 11.9 Å². The Morgan fingerprint density at radius 3 is 2.38 bits per heavy atom. The van der Waals surface area contributed by atoms with E-state index in [1.165, 1.54) is 12.1 Å². The Kier molecular flexibility index (Phi) is 5.53. The number of phenols is 1. The second kappa shape index (κ2) is 7.13. The van der Waals surface area contributed by atoms with Crippen LogP contribution in [0, 0.1) is 0 Å². The highest BCUT2D eigenvalue weighted by molar-refractivity contribution is 5.99. The van der Waals surface area contributed by atoms with Gasteiger partial charge < -0.3 is 26.0 Å². The number of nitrogens with one attached hydrogen (secondary N) is 2. The Labute approximate surface area is 120 Å². The average Bonchev–Trinajstić information content (AvgIpc) is 2.42. The maximum Gasteiger partial charge on any atom is 0.326 e. The van der Waals surface area contributed by atoms with Crippen LogP contribution in [0.15, 0.2) is 18.2 Å². The zero-order chi connectivity index (χ0) is 16.0. The molecule has 1 unspecified atom stereocenters. The van der Waals surface area contributed by atoms with Crippen molar-refractivity contribution in [3.05, 3.63) is 23.8 Å². The molecule has 0 aromatic heterocycles. The minimum atomic E-state index is -1.34. The van der Waals surface area contributed by atoms with Gasteiger partial charge in [0.1, 0.15) is 11.8 Å². The number of anilines is 1. The highest BCUT2D eigenvalue weighted by Crippen LogP contribution is 2.21. The van der Waals surface area contributed by atoms with Crippen molar-refractivity contribution < 1.29 is 29.7 Å². The van der Waals surface area contributed by atoms with Gasteiger partial charge in [-0.15, -0.1) is 0 Å². The first-order valence-electron chi connectivity index (χ1n) is 6.11. The van der Waals surface area contributed by atoms with Crippen LogP contribution in [0.25, 0.3) is 0 Å². The van der Waals surface area contributed by atoms with E-state index in [0.717, 1.165) is 0 Å². The molecular formula is C13H16N2O6. The molecule has 1 aromatic carbocycles. The Bertz CT molecular complexity index is 558. The van der Waals surface area contributed by atoms with E-state index in [4.69, 9.17) is 10.2 Å². The number of carbonyl (C=O) groups is 3. The number of carbonyl (C=O) groups excluding carboxylic acids is 1. The predicted molar refractivity (Wildman–Crippen MR) is 73.4 cm³/mol. The first-order valence-corrected chi connectivity index (χ1v) is 6.11. The molecule has 8 heteroatoms. The zero-order valence-corrected chi connectivity index (χ0v) is 11.3. The molecule has 0 saturated heterocycles. The number of aliphatic carboxylic acids is 2. The monoisotopic (exact) mass is 296 g/mol. The summed E-state index contributed by atoms with van der Waals surface area (Å²) in [7, 11) is 1.64. The Morgan fingerprint density at radius 2 is 1.90 bits per heavy atom. The Balaban J connectivity index is 2.82. The summed E-state index contributed by atoms with van der Waals surface area (Å²) < 4.78 is 0. The molecular weight excluding hydrogens is 280 g/mol. The van der Waals surface area contributed by atoms with Crippen molar-refractivity contribution in [1.29, 1.82) is 0 Å². The van der Waals surface area contributed by atoms with Crippen LogP contribution in [0.1, 0.15) is 23.2 Å². The number of aromatic hydroxyl groups is 1. The lowest BCUT2D eigenvalue weighted by Gasteiger charge is -2.14. The number of amides is 1. The smallest absolute Gasteiger partial charge is 0.326 e. The summed E-state index contributed by atoms with van der Waals surface area (Å²) >= 11 is 0. The number of phenolic OH excluding ortho intramolecular Hbond substituents is 1. The minimum absolute atomic E-state index is 0.0874. The molecule has 0 aliphatic carbocycles. The fourth-order valence-electron chi connectivity index (χ4n) is 1.64. The maximum absolute atomic E-state index is 11.9. The van der Waals surface area contributed by atoms with Crippen molar-refractivity contribution in [1.82, 2.24) is 5.32 Å². The van der Waals surface area contributed by atoms with Gasteiger partial charge in [-0.05, 0) is 18.6 Å². The first-order chi connectivity index (χ1) is 9.85. The fourth-order valence-corrected chi connectivity index (χ4v) is 1.64. The van der Waals surface area contributed by atoms with Crippen LogP contribution in [-0.4, -0.2) is 46.3 Å². The molecule has 0 saturated carbocycles. The van der Waals surface area contributed by atoms with Crippen molar-refractivity contribution >= 4 is 23.5 Å². The summed E-state index contributed by atoms with van der Waals surface area (Å²) in [4.78, 5) is 33.4. The first kappa shape index (κ1) is 16.3. The second-order valence-corrected chi connectivity index (χ2v) is 4.28. The highest BCUT2D eigenvalue weighted by atomic mass is 16.4. The normalized spacial score (nSPS) is 11.5. The van der Waals surface area contributed by atoms with Crippen molar-refractivity contribution in [2.45, 2.75) is 18.9 Å². The molecule has 1 amide bonds. The van der Waals surface area contributed by atoms with Gasteiger partial charge in [-0.1, -0.05) is 0 Å². The summed E-state index contributed by atoms with van der Waals surface area (Å²) in [6.07, 6.45) is -0.631. The standard InChI is InChI=1S/C13H16N2O6/c1-14-7-2-3-8(10(16)6-7)12(19)15-9(13(20)21)4-5-11(17)18/h2-3,6,9,14,16H,4-5H2,1H3,(H,15,19)(H,17,18)(H,20,21). The number of carboxylic acids is 2. The van der Waals surface area contributed by atoms with E-state index in [0.29, 0.717) is 5.69 Å². The summed E-state index contributed by atoms with van der Waals surface area (Å²) in [6, 6.07) is 2.87. The molecule has 1 atom stereocenters. The van der Waals surface area contributed by atoms with Gasteiger partial charge in [0.25, 0.3) is 5.91 Å². The number of hydrogen-bond donors (Lipinski definition) is 5. The zero-order valence-electron chi connectivity index (χ0n) is 11.3. The van der Waals surface area contributed by atoms with Gasteiger partial charge in [0.15, 0.2) is 0 Å². The van der Waals surface area contributed by atoms with Gasteiger partial charge in [-0.3, -0.25) is 9.59 Å². The fraction of sp³-hybridized carbons (Fsp3) is 0.308. The van der Waals surface area contributed by atoms with E-state index in [-0.39, 0.29) is 24.2 Å². The maximum atomic E-state index is 11.9. The van der Waals surface area contributed by atoms with Gasteiger partial charge in [-0.2, -0.15) is 0 Å². The van der Waals surface area contributed by atoms with Gasteiger partial charge in [0.2, 0.25) is 0 Å². The highest BCUT2D eigenvalue weighted by Gasteiger charge is 2.22. The van der Waals surface area contributed by atoms with Crippen molar-refractivity contribution in [3.63, 3.8) is 0 Å². The van der Waals surface area contributed by atoms with E-state index < -0.39 is 23.9 Å². The largest absolute Gasteiger partial charge is 0.507 e. The summed E-state index contributed by atoms with van der Waals surface area (Å²) in [5, 5.41) is 32.2. The summed E-state index contributed by atoms with van der Waals surface area (Å²) in [5.74, 6) is -3.58. The van der Waals surface area contributed by atoms with Crippen LogP contribution in [-0.2, 0) is 9.59 Å². The van der Waals surface area contributed by atoms with E-state index >= 15 is 0 Å². The van der Waals surface area contributed by atoms with E-state index in [1.807, 2.05) is 0 Å². The molecule has 0 radical (unpaired) electrons. The number of rotatable bonds is 7. The van der Waals surface area contributed by atoms with Crippen LogP contribution in [0.3, 0.4) is 0 Å². The van der Waals surface area contributed by atoms with Gasteiger partial charge in [-0.25, -0.2) is 4.79 Å². The topological polar surface area (TPSA) is 136 Å². The van der Waals surface area contributed by atoms with Crippen LogP contribution in [0.5, 0.6) is 5.75 Å². The van der Waals surface area contributed by atoms with E-state index in [9.17, 15) is 19.5 Å². The molecule has 114 valence electrons. The van der Waals surface area contributed by atoms with E-state index in [2.05, 4.69) is 10.6 Å². The molecule has 1 aromatic rings. The molecule has 21 heavy (non-hydrogen) atoms. The lowest BCUT2D eigenvalue weighted by molar-refractivity contribution is -0.140. The van der Waals surface area contributed by atoms with Crippen LogP contribution >= 0.6 is 0 Å². The molecule has 0 aliphatic heterocycles. The van der Waals surface area contributed by atoms with Crippen molar-refractivity contribution in [3.8, 4) is 5.75 Å². The lowest BCUT2D eigenvalue weighted by atomic mass is 10.1. The minimum Gasteiger partial charge on any atom is -0.507 e. The van der Waals surface area contributed by atoms with Crippen molar-refractivity contribution in [2.24, 2.45) is 0 Å². The van der Waals surface area contributed by atoms with Gasteiger partial charge in [0, 0.05) is 25.2 Å². The van der Waals surface area contributed by atoms with Crippen LogP contribution in [0.2, 0.25) is 0 Å². The lowest BCUT2D eigenvalue weighted by Crippen LogP contribution is -2.41. The number of carboxylic acid groups (broad SMARTS) is 2.